The third-order valence-corrected chi connectivity index (χ3v) is 4.40. The van der Waals surface area contributed by atoms with Gasteiger partial charge in [-0.3, -0.25) is 9.20 Å². The molecule has 22 heavy (non-hydrogen) atoms. The maximum Gasteiger partial charge on any atom is 0.220 e. The zero-order chi connectivity index (χ0) is 15.5. The smallest absolute Gasteiger partial charge is 0.220 e. The minimum atomic E-state index is 0.137. The molecule has 0 aliphatic heterocycles. The summed E-state index contributed by atoms with van der Waals surface area (Å²) in [6.07, 6.45) is 6.91. The van der Waals surface area contributed by atoms with Crippen LogP contribution in [0.1, 0.15) is 37.9 Å². The molecular weight excluding hydrogens is 280 g/mol. The van der Waals surface area contributed by atoms with Crippen molar-refractivity contribution in [2.75, 3.05) is 7.05 Å². The molecule has 118 valence electrons. The first kappa shape index (κ1) is 14.8. The zero-order valence-electron chi connectivity index (χ0n) is 13.1. The van der Waals surface area contributed by atoms with Gasteiger partial charge in [-0.1, -0.05) is 0 Å². The van der Waals surface area contributed by atoms with E-state index in [4.69, 9.17) is 4.74 Å². The third-order valence-electron chi connectivity index (χ3n) is 4.40. The van der Waals surface area contributed by atoms with E-state index in [1.54, 1.807) is 7.05 Å². The summed E-state index contributed by atoms with van der Waals surface area (Å²) in [7, 11) is 1.69. The first-order chi connectivity index (χ1) is 10.7. The summed E-state index contributed by atoms with van der Waals surface area (Å²) in [5.74, 6) is 2.33. The Morgan fingerprint density at radius 1 is 1.32 bits per heavy atom. The number of nitrogens with zero attached hydrogens (tertiary/aromatic N) is 3. The van der Waals surface area contributed by atoms with E-state index in [2.05, 4.69) is 15.5 Å². The van der Waals surface area contributed by atoms with Crippen molar-refractivity contribution < 1.29 is 9.53 Å². The lowest BCUT2D eigenvalue weighted by Crippen LogP contribution is -2.28. The van der Waals surface area contributed by atoms with Crippen LogP contribution in [0.4, 0.5) is 0 Å². The number of carbonyl (C=O) groups excluding carboxylic acids is 1. The van der Waals surface area contributed by atoms with Crippen LogP contribution in [0, 0.1) is 12.8 Å². The molecule has 0 radical (unpaired) electrons. The summed E-state index contributed by atoms with van der Waals surface area (Å²) in [5.41, 5.74) is 0.833. The molecule has 2 aromatic heterocycles. The molecule has 2 aromatic rings. The highest BCUT2D eigenvalue weighted by Crippen LogP contribution is 2.29. The summed E-state index contributed by atoms with van der Waals surface area (Å²) in [4.78, 5) is 11.4. The zero-order valence-corrected chi connectivity index (χ0v) is 13.1. The molecule has 0 spiro atoms. The van der Waals surface area contributed by atoms with E-state index in [0.717, 1.165) is 42.9 Å². The van der Waals surface area contributed by atoms with Crippen molar-refractivity contribution >= 4 is 11.6 Å². The van der Waals surface area contributed by atoms with Gasteiger partial charge in [0.15, 0.2) is 5.65 Å². The van der Waals surface area contributed by atoms with Gasteiger partial charge in [-0.25, -0.2) is 0 Å². The molecule has 1 fully saturated rings. The molecule has 0 atom stereocenters. The monoisotopic (exact) mass is 302 g/mol. The Morgan fingerprint density at radius 2 is 2.09 bits per heavy atom. The molecule has 1 aliphatic carbocycles. The lowest BCUT2D eigenvalue weighted by atomic mass is 9.85. The van der Waals surface area contributed by atoms with E-state index in [1.807, 2.05) is 29.7 Å². The summed E-state index contributed by atoms with van der Waals surface area (Å²) in [5, 5.41) is 10.8. The first-order valence-electron chi connectivity index (χ1n) is 7.84. The van der Waals surface area contributed by atoms with Crippen LogP contribution in [-0.2, 0) is 4.79 Å². The van der Waals surface area contributed by atoms with Crippen molar-refractivity contribution in [2.45, 2.75) is 45.1 Å². The van der Waals surface area contributed by atoms with Gasteiger partial charge in [-0.2, -0.15) is 0 Å². The number of rotatable bonds is 4. The number of amides is 1. The predicted octanol–water partition coefficient (Wildman–Crippen LogP) is 2.11. The van der Waals surface area contributed by atoms with E-state index < -0.39 is 0 Å². The number of fused-ring (bicyclic) bond motifs is 1. The fourth-order valence-corrected chi connectivity index (χ4v) is 3.07. The maximum absolute atomic E-state index is 11.4. The molecule has 0 saturated heterocycles. The van der Waals surface area contributed by atoms with Crippen molar-refractivity contribution in [1.29, 1.82) is 0 Å². The number of hydrogen-bond acceptors (Lipinski definition) is 4. The summed E-state index contributed by atoms with van der Waals surface area (Å²) >= 11 is 0. The largest absolute Gasteiger partial charge is 0.489 e. The Hall–Kier alpha value is -2.11. The van der Waals surface area contributed by atoms with Crippen molar-refractivity contribution in [2.24, 2.45) is 5.92 Å². The van der Waals surface area contributed by atoms with Crippen LogP contribution in [0.2, 0.25) is 0 Å². The Morgan fingerprint density at radius 3 is 2.82 bits per heavy atom. The summed E-state index contributed by atoms with van der Waals surface area (Å²) < 4.78 is 8.03. The number of nitrogens with one attached hydrogen (secondary N) is 1. The van der Waals surface area contributed by atoms with Gasteiger partial charge in [-0.15, -0.1) is 10.2 Å². The van der Waals surface area contributed by atoms with Gasteiger partial charge >= 0.3 is 0 Å². The minimum absolute atomic E-state index is 0.137. The number of aryl methyl sites for hydroxylation is 1. The second kappa shape index (κ2) is 6.34. The van der Waals surface area contributed by atoms with Crippen LogP contribution in [0.25, 0.3) is 5.65 Å². The number of pyridine rings is 1. The molecule has 1 N–H and O–H groups in total. The van der Waals surface area contributed by atoms with Gasteiger partial charge in [0.1, 0.15) is 11.6 Å². The van der Waals surface area contributed by atoms with E-state index in [-0.39, 0.29) is 12.0 Å². The molecule has 6 nitrogen and oxygen atoms in total. The molecule has 0 aromatic carbocycles. The third kappa shape index (κ3) is 3.21. The van der Waals surface area contributed by atoms with Crippen molar-refractivity contribution in [1.82, 2.24) is 19.9 Å². The Kier molecular flexibility index (Phi) is 4.27. The molecule has 0 unspecified atom stereocenters. The van der Waals surface area contributed by atoms with Crippen LogP contribution in [0.15, 0.2) is 18.3 Å². The average Bonchev–Trinajstić information content (AvgIpc) is 2.90. The number of aromatic nitrogens is 3. The van der Waals surface area contributed by atoms with Gasteiger partial charge < -0.3 is 10.1 Å². The predicted molar refractivity (Wildman–Crippen MR) is 82.8 cm³/mol. The highest BCUT2D eigenvalue weighted by atomic mass is 16.5. The maximum atomic E-state index is 11.4. The second-order valence-electron chi connectivity index (χ2n) is 5.98. The van der Waals surface area contributed by atoms with E-state index in [9.17, 15) is 4.79 Å². The fraction of sp³-hybridized carbons (Fsp3) is 0.562. The van der Waals surface area contributed by atoms with Crippen molar-refractivity contribution in [3.8, 4) is 5.75 Å². The van der Waals surface area contributed by atoms with Crippen LogP contribution in [-0.4, -0.2) is 33.7 Å². The van der Waals surface area contributed by atoms with Gasteiger partial charge in [0.05, 0.1) is 12.3 Å². The number of hydrogen-bond donors (Lipinski definition) is 1. The van der Waals surface area contributed by atoms with Crippen LogP contribution in [0.3, 0.4) is 0 Å². The van der Waals surface area contributed by atoms with Crippen molar-refractivity contribution in [3.63, 3.8) is 0 Å². The molecule has 1 aliphatic rings. The second-order valence-corrected chi connectivity index (χ2v) is 5.98. The number of carbonyl (C=O) groups is 1. The van der Waals surface area contributed by atoms with E-state index in [0.29, 0.717) is 12.3 Å². The molecule has 3 rings (SSSR count). The molecule has 0 bridgehead atoms. The standard InChI is InChI=1S/C16H22N4O2/c1-11-18-19-15-8-7-14(10-20(11)15)22-13-5-3-12(4-6-13)9-16(21)17-2/h7-8,10,12-13H,3-6,9H2,1-2H3,(H,17,21). The van der Waals surface area contributed by atoms with Gasteiger partial charge in [0, 0.05) is 13.5 Å². The Balaban J connectivity index is 1.57. The quantitative estimate of drug-likeness (QED) is 0.939. The lowest BCUT2D eigenvalue weighted by molar-refractivity contribution is -0.121. The molecule has 2 heterocycles. The topological polar surface area (TPSA) is 68.5 Å². The highest BCUT2D eigenvalue weighted by Gasteiger charge is 2.24. The first-order valence-corrected chi connectivity index (χ1v) is 7.84. The van der Waals surface area contributed by atoms with E-state index in [1.165, 1.54) is 0 Å². The van der Waals surface area contributed by atoms with Gasteiger partial charge in [-0.05, 0) is 50.7 Å². The van der Waals surface area contributed by atoms with Crippen molar-refractivity contribution in [3.05, 3.63) is 24.2 Å². The molecular formula is C16H22N4O2. The number of ether oxygens (including phenoxy) is 1. The van der Waals surface area contributed by atoms with Gasteiger partial charge in [0.25, 0.3) is 0 Å². The van der Waals surface area contributed by atoms with E-state index >= 15 is 0 Å². The summed E-state index contributed by atoms with van der Waals surface area (Å²) in [6.45, 7) is 1.92. The SMILES string of the molecule is CNC(=O)CC1CCC(Oc2ccc3nnc(C)n3c2)CC1. The fourth-order valence-electron chi connectivity index (χ4n) is 3.07. The molecule has 1 amide bonds. The average molecular weight is 302 g/mol. The minimum Gasteiger partial charge on any atom is -0.489 e. The summed E-state index contributed by atoms with van der Waals surface area (Å²) in [6, 6.07) is 3.87. The van der Waals surface area contributed by atoms with Crippen LogP contribution < -0.4 is 10.1 Å². The van der Waals surface area contributed by atoms with Gasteiger partial charge in [0.2, 0.25) is 5.91 Å². The lowest BCUT2D eigenvalue weighted by Gasteiger charge is -2.28. The van der Waals surface area contributed by atoms with Crippen LogP contribution >= 0.6 is 0 Å². The van der Waals surface area contributed by atoms with Crippen LogP contribution in [0.5, 0.6) is 5.75 Å². The highest BCUT2D eigenvalue weighted by molar-refractivity contribution is 5.75. The molecule has 6 heteroatoms. The molecule has 1 saturated carbocycles. The normalized spacial score (nSPS) is 21.7. The Labute approximate surface area is 129 Å². The Bertz CT molecular complexity index is 659.